The molecule has 1 amide bonds. The van der Waals surface area contributed by atoms with E-state index in [1.54, 1.807) is 42.5 Å². The fourth-order valence-electron chi connectivity index (χ4n) is 4.28. The van der Waals surface area contributed by atoms with Crippen LogP contribution in [0.2, 0.25) is 0 Å². The van der Waals surface area contributed by atoms with Crippen LogP contribution < -0.4 is 19.1 Å². The first-order chi connectivity index (χ1) is 17.4. The molecule has 2 aliphatic rings. The highest BCUT2D eigenvalue weighted by Crippen LogP contribution is 2.44. The number of non-ortho nitro benzene ring substituents is 1. The van der Waals surface area contributed by atoms with E-state index in [0.717, 1.165) is 0 Å². The molecule has 182 valence electrons. The molecule has 0 aliphatic carbocycles. The number of aliphatic hydroxyl groups excluding tert-OH is 1. The molecule has 0 aromatic heterocycles. The van der Waals surface area contributed by atoms with E-state index in [-0.39, 0.29) is 16.8 Å². The van der Waals surface area contributed by atoms with Gasteiger partial charge in [0.2, 0.25) is 0 Å². The van der Waals surface area contributed by atoms with Gasteiger partial charge in [0.1, 0.15) is 24.7 Å². The molecule has 0 spiro atoms. The number of ketones is 1. The third-order valence-electron chi connectivity index (χ3n) is 6.03. The van der Waals surface area contributed by atoms with Crippen LogP contribution in [0.15, 0.2) is 72.3 Å². The van der Waals surface area contributed by atoms with Gasteiger partial charge in [0.25, 0.3) is 17.4 Å². The van der Waals surface area contributed by atoms with Crippen molar-refractivity contribution in [1.29, 1.82) is 0 Å². The predicted octanol–water partition coefficient (Wildman–Crippen LogP) is 4.00. The smallest absolute Gasteiger partial charge is 0.300 e. The van der Waals surface area contributed by atoms with Gasteiger partial charge in [-0.1, -0.05) is 12.1 Å². The minimum Gasteiger partial charge on any atom is -0.507 e. The normalized spacial score (nSPS) is 18.2. The first-order valence-corrected chi connectivity index (χ1v) is 11.0. The van der Waals surface area contributed by atoms with E-state index in [1.807, 2.05) is 0 Å². The van der Waals surface area contributed by atoms with Crippen LogP contribution >= 0.6 is 0 Å². The number of aliphatic hydroxyl groups is 1. The molecule has 1 N–H and O–H groups in total. The lowest BCUT2D eigenvalue weighted by Gasteiger charge is -2.27. The number of Topliss-reactive ketones (excluding diaryl/α,β-unsaturated/α-hetero) is 1. The lowest BCUT2D eigenvalue weighted by Crippen LogP contribution is -2.29. The Labute approximate surface area is 205 Å². The quantitative estimate of drug-likeness (QED) is 0.188. The zero-order valence-electron chi connectivity index (χ0n) is 19.0. The van der Waals surface area contributed by atoms with Crippen LogP contribution in [-0.4, -0.2) is 42.0 Å². The summed E-state index contributed by atoms with van der Waals surface area (Å²) in [5.41, 5.74) is 0.779. The highest BCUT2D eigenvalue weighted by molar-refractivity contribution is 6.51. The van der Waals surface area contributed by atoms with Crippen molar-refractivity contribution in [3.63, 3.8) is 0 Å². The number of hydrogen-bond donors (Lipinski definition) is 1. The van der Waals surface area contributed by atoms with Crippen molar-refractivity contribution in [3.05, 3.63) is 93.5 Å². The first kappa shape index (κ1) is 22.9. The van der Waals surface area contributed by atoms with Gasteiger partial charge in [-0.15, -0.1) is 0 Å². The Morgan fingerprint density at radius 3 is 2.31 bits per heavy atom. The van der Waals surface area contributed by atoms with Gasteiger partial charge in [0, 0.05) is 29.4 Å². The number of nitro benzene ring substituents is 1. The average molecular weight is 488 g/mol. The van der Waals surface area contributed by atoms with Gasteiger partial charge in [0.15, 0.2) is 11.5 Å². The summed E-state index contributed by atoms with van der Waals surface area (Å²) in [7, 11) is 1.52. The van der Waals surface area contributed by atoms with Crippen molar-refractivity contribution >= 4 is 28.8 Å². The molecule has 1 atom stereocenters. The molecule has 10 nitrogen and oxygen atoms in total. The summed E-state index contributed by atoms with van der Waals surface area (Å²) in [6.45, 7) is 0.745. The number of carbonyl (C=O) groups excluding carboxylic acids is 2. The largest absolute Gasteiger partial charge is 0.507 e. The zero-order chi connectivity index (χ0) is 25.4. The molecule has 36 heavy (non-hydrogen) atoms. The van der Waals surface area contributed by atoms with E-state index in [1.165, 1.54) is 36.3 Å². The minimum atomic E-state index is -0.978. The number of nitrogens with zero attached hydrogens (tertiary/aromatic N) is 2. The Morgan fingerprint density at radius 2 is 1.67 bits per heavy atom. The fourth-order valence-corrected chi connectivity index (χ4v) is 4.28. The summed E-state index contributed by atoms with van der Waals surface area (Å²) in [6, 6.07) is 15.8. The lowest BCUT2D eigenvalue weighted by atomic mass is 9.95. The minimum absolute atomic E-state index is 0.145. The standard InChI is InChI=1S/C26H20N2O8/c1-34-19-9-4-15(5-10-19)23-22(24(29)16-2-6-17(7-3-16)28(32)33)25(30)26(31)27(23)18-8-11-20-21(14-18)36-13-12-35-20/h2-11,14,23,29H,12-13H2,1H3/b24-22+. The van der Waals surface area contributed by atoms with Crippen LogP contribution in [0.5, 0.6) is 17.2 Å². The van der Waals surface area contributed by atoms with Crippen LogP contribution in [0.3, 0.4) is 0 Å². The monoisotopic (exact) mass is 488 g/mol. The molecular formula is C26H20N2O8. The van der Waals surface area contributed by atoms with Gasteiger partial charge in [0.05, 0.1) is 23.6 Å². The summed E-state index contributed by atoms with van der Waals surface area (Å²) >= 11 is 0. The number of methoxy groups -OCH3 is 1. The molecule has 2 aliphatic heterocycles. The van der Waals surface area contributed by atoms with E-state index in [9.17, 15) is 24.8 Å². The van der Waals surface area contributed by atoms with Crippen LogP contribution in [0, 0.1) is 10.1 Å². The summed E-state index contributed by atoms with van der Waals surface area (Å²) in [6.07, 6.45) is 0. The second kappa shape index (κ2) is 9.06. The fraction of sp³-hybridized carbons (Fsp3) is 0.154. The summed E-state index contributed by atoms with van der Waals surface area (Å²) < 4.78 is 16.4. The van der Waals surface area contributed by atoms with E-state index < -0.39 is 28.4 Å². The number of rotatable bonds is 5. The number of benzene rings is 3. The maximum Gasteiger partial charge on any atom is 0.300 e. The Morgan fingerprint density at radius 1 is 1.00 bits per heavy atom. The molecule has 0 saturated carbocycles. The summed E-state index contributed by atoms with van der Waals surface area (Å²) in [5.74, 6) is -0.634. The number of nitro groups is 1. The molecule has 1 unspecified atom stereocenters. The molecule has 10 heteroatoms. The highest BCUT2D eigenvalue weighted by Gasteiger charge is 2.47. The zero-order valence-corrected chi connectivity index (χ0v) is 19.0. The van der Waals surface area contributed by atoms with Crippen LogP contribution in [0.25, 0.3) is 5.76 Å². The number of anilines is 1. The van der Waals surface area contributed by atoms with Crippen molar-refractivity contribution in [1.82, 2.24) is 0 Å². The first-order valence-electron chi connectivity index (χ1n) is 11.0. The third kappa shape index (κ3) is 3.88. The van der Waals surface area contributed by atoms with Crippen molar-refractivity contribution in [2.75, 3.05) is 25.2 Å². The average Bonchev–Trinajstić information content (AvgIpc) is 3.18. The second-order valence-electron chi connectivity index (χ2n) is 8.07. The van der Waals surface area contributed by atoms with Crippen LogP contribution in [0.4, 0.5) is 11.4 Å². The van der Waals surface area contributed by atoms with Gasteiger partial charge in [-0.05, 0) is 42.0 Å². The number of fused-ring (bicyclic) bond motifs is 1. The van der Waals surface area contributed by atoms with Gasteiger partial charge in [-0.3, -0.25) is 24.6 Å². The van der Waals surface area contributed by atoms with E-state index in [0.29, 0.717) is 41.7 Å². The molecule has 0 bridgehead atoms. The molecule has 3 aromatic rings. The lowest BCUT2D eigenvalue weighted by molar-refractivity contribution is -0.384. The van der Waals surface area contributed by atoms with Gasteiger partial charge in [-0.25, -0.2) is 0 Å². The van der Waals surface area contributed by atoms with E-state index in [2.05, 4.69) is 0 Å². The summed E-state index contributed by atoms with van der Waals surface area (Å²) in [4.78, 5) is 38.3. The highest BCUT2D eigenvalue weighted by atomic mass is 16.6. The van der Waals surface area contributed by atoms with Crippen molar-refractivity contribution in [2.24, 2.45) is 0 Å². The summed E-state index contributed by atoms with van der Waals surface area (Å²) in [5, 5.41) is 22.2. The third-order valence-corrected chi connectivity index (χ3v) is 6.03. The van der Waals surface area contributed by atoms with Crippen molar-refractivity contribution in [3.8, 4) is 17.2 Å². The Balaban J connectivity index is 1.67. The van der Waals surface area contributed by atoms with Crippen molar-refractivity contribution < 1.29 is 33.8 Å². The molecule has 1 saturated heterocycles. The number of amides is 1. The van der Waals surface area contributed by atoms with Gasteiger partial charge >= 0.3 is 0 Å². The Bertz CT molecular complexity index is 1400. The Hall–Kier alpha value is -4.86. The van der Waals surface area contributed by atoms with Crippen molar-refractivity contribution in [2.45, 2.75) is 6.04 Å². The molecule has 5 rings (SSSR count). The maximum absolute atomic E-state index is 13.3. The Kier molecular flexibility index (Phi) is 5.77. The van der Waals surface area contributed by atoms with E-state index >= 15 is 0 Å². The predicted molar refractivity (Wildman–Crippen MR) is 128 cm³/mol. The van der Waals surface area contributed by atoms with Crippen LogP contribution in [-0.2, 0) is 9.59 Å². The molecular weight excluding hydrogens is 468 g/mol. The number of carbonyl (C=O) groups is 2. The SMILES string of the molecule is COc1ccc(C2/C(=C(\O)c3ccc([N+](=O)[O-])cc3)C(=O)C(=O)N2c2ccc3c(c2)OCCO3)cc1. The topological polar surface area (TPSA) is 128 Å². The number of hydrogen-bond acceptors (Lipinski definition) is 8. The molecule has 1 fully saturated rings. The second-order valence-corrected chi connectivity index (χ2v) is 8.07. The number of ether oxygens (including phenoxy) is 3. The molecule has 3 aromatic carbocycles. The van der Waals surface area contributed by atoms with Crippen LogP contribution in [0.1, 0.15) is 17.2 Å². The molecule has 2 heterocycles. The van der Waals surface area contributed by atoms with Gasteiger partial charge in [-0.2, -0.15) is 0 Å². The van der Waals surface area contributed by atoms with E-state index in [4.69, 9.17) is 14.2 Å². The van der Waals surface area contributed by atoms with Gasteiger partial charge < -0.3 is 19.3 Å². The molecule has 0 radical (unpaired) electrons. The maximum atomic E-state index is 13.3.